The Balaban J connectivity index is 0.000000165. The first-order chi connectivity index (χ1) is 66.9. The van der Waals surface area contributed by atoms with E-state index in [0.29, 0.717) is 173 Å². The fourth-order valence-corrected chi connectivity index (χ4v) is 19.7. The van der Waals surface area contributed by atoms with Crippen LogP contribution in [0.25, 0.3) is 46.9 Å². The van der Waals surface area contributed by atoms with Crippen molar-refractivity contribution in [3.8, 4) is 18.0 Å². The van der Waals surface area contributed by atoms with E-state index in [0.717, 1.165) is 176 Å². The van der Waals surface area contributed by atoms with E-state index >= 15 is 0 Å². The molecule has 7 aliphatic heterocycles. The van der Waals surface area contributed by atoms with Gasteiger partial charge in [0.2, 0.25) is 37.4 Å². The largest absolute Gasteiger partial charge is 0.461 e. The van der Waals surface area contributed by atoms with Gasteiger partial charge in [0.15, 0.2) is 0 Å². The quantitative estimate of drug-likeness (QED) is 0.0210. The maximum absolute atomic E-state index is 13.3. The number of carbonyl (C=O) groups is 3. The summed E-state index contributed by atoms with van der Waals surface area (Å²) in [6.07, 6.45) is 30.7. The number of likely N-dealkylation sites (tertiary alicyclic amines) is 1. The van der Waals surface area contributed by atoms with E-state index in [1.807, 2.05) is 114 Å². The minimum absolute atomic E-state index is 0. The molecular weight excluding hydrogens is 1850 g/mol. The van der Waals surface area contributed by atoms with Gasteiger partial charge in [-0.3, -0.25) is 29.3 Å². The molecule has 9 aromatic rings. The average molecular weight is 1980 g/mol. The summed E-state index contributed by atoms with van der Waals surface area (Å²) >= 11 is 6.67. The fourth-order valence-electron chi connectivity index (χ4n) is 19.4. The number of pyridine rings is 2. The van der Waals surface area contributed by atoms with Crippen LogP contribution in [0.4, 0.5) is 34.5 Å². The van der Waals surface area contributed by atoms with Crippen LogP contribution >= 0.6 is 52.1 Å². The number of anilines is 6. The number of aryl methyl sites for hydroxylation is 2. The van der Waals surface area contributed by atoms with Crippen molar-refractivity contribution in [3.05, 3.63) is 218 Å². The highest BCUT2D eigenvalue weighted by molar-refractivity contribution is 7.59. The molecule has 19 rings (SSSR count). The van der Waals surface area contributed by atoms with Gasteiger partial charge in [-0.2, -0.15) is 70.4 Å². The second-order valence-corrected chi connectivity index (χ2v) is 37.9. The third-order valence-corrected chi connectivity index (χ3v) is 27.1. The Morgan fingerprint density at radius 1 is 0.414 bits per heavy atom. The molecule has 4 saturated heterocycles. The molecule has 0 unspecified atom stereocenters. The number of piperazine rings is 3. The highest BCUT2D eigenvalue weighted by Gasteiger charge is 2.41. The van der Waals surface area contributed by atoms with E-state index in [2.05, 4.69) is 127 Å². The van der Waals surface area contributed by atoms with E-state index in [1.54, 1.807) is 18.2 Å². The molecule has 3 saturated carbocycles. The van der Waals surface area contributed by atoms with Crippen molar-refractivity contribution < 1.29 is 42.8 Å². The number of nitrogens with zero attached hydrogens (tertiary/aromatic N) is 23. The highest BCUT2D eigenvalue weighted by atomic mass is 35.5. The minimum Gasteiger partial charge on any atom is -0.461 e. The lowest BCUT2D eigenvalue weighted by Crippen LogP contribution is -2.56. The third-order valence-electron chi connectivity index (χ3n) is 26.8. The van der Waals surface area contributed by atoms with Gasteiger partial charge in [-0.05, 0) is 154 Å². The van der Waals surface area contributed by atoms with Crippen LogP contribution in [0.3, 0.4) is 0 Å². The van der Waals surface area contributed by atoms with Gasteiger partial charge in [-0.1, -0.05) is 90.5 Å². The molecule has 140 heavy (non-hydrogen) atoms. The Hall–Kier alpha value is -11.4. The average Bonchev–Trinajstić information content (AvgIpc) is 1.18. The Morgan fingerprint density at radius 3 is 1.16 bits per heavy atom. The molecule has 5 aromatic heterocycles. The SMILES string of the molecule is S.S.S.[C-]#[N+]C[C@H]1CN(c2nc(OCCOC3CC3)nc3c2CCN(c2cccc4cccc(C)c24)C3)CCN1C(=O)/C=C/CN1CCCC1.[C-]#[N+]C[C@H]1CN(c2nc(OCCOC3CC3)nc3c2CCN(c2cncc4cccc(C)c24)C3)CCN1C(=O)/C=C/CN(C)C.[C-]#[N+]C[C@H]1CN(c2nc(OCCOC3CC3)nc3c2CCN(c2cncc4cccc(Cl)c24)C3)CCN1C(=O)/C=C/CN(C)C. The molecule has 3 amide bonds. The van der Waals surface area contributed by atoms with E-state index in [9.17, 15) is 14.4 Å². The van der Waals surface area contributed by atoms with Crippen LogP contribution in [-0.2, 0) is 67.5 Å². The van der Waals surface area contributed by atoms with Crippen LogP contribution in [0.15, 0.2) is 134 Å². The summed E-state index contributed by atoms with van der Waals surface area (Å²) in [6.45, 7) is 44.1. The lowest BCUT2D eigenvalue weighted by atomic mass is 9.99. The van der Waals surface area contributed by atoms with Gasteiger partial charge in [0.05, 0.1) is 104 Å². The molecule has 36 heteroatoms. The number of hydrogen-bond acceptors (Lipinski definition) is 26. The van der Waals surface area contributed by atoms with Crippen molar-refractivity contribution in [1.29, 1.82) is 0 Å². The molecule has 3 atom stereocenters. The number of benzene rings is 4. The number of likely N-dealkylation sites (N-methyl/N-ethyl adjacent to an activating group) is 2. The predicted octanol–water partition coefficient (Wildman–Crippen LogP) is 12.3. The summed E-state index contributed by atoms with van der Waals surface area (Å²) in [7, 11) is 7.86. The Morgan fingerprint density at radius 2 is 0.771 bits per heavy atom. The first-order valence-corrected chi connectivity index (χ1v) is 49.0. The molecule has 3 aliphatic carbocycles. The molecular formula is C104H132ClN23O9S3. The number of fused-ring (bicyclic) bond motifs is 6. The monoisotopic (exact) mass is 1980 g/mol. The number of aromatic nitrogens is 8. The molecule has 7 fully saturated rings. The summed E-state index contributed by atoms with van der Waals surface area (Å²) in [5, 5.41) is 7.50. The molecule has 0 radical (unpaired) electrons. The predicted molar refractivity (Wildman–Crippen MR) is 565 cm³/mol. The van der Waals surface area contributed by atoms with Gasteiger partial charge in [0, 0.05) is 178 Å². The molecule has 742 valence electrons. The molecule has 10 aliphatic rings. The zero-order valence-corrected chi connectivity index (χ0v) is 85.0. The third kappa shape index (κ3) is 26.5. The van der Waals surface area contributed by atoms with Gasteiger partial charge in [-0.25, -0.2) is 19.7 Å². The first-order valence-electron chi connectivity index (χ1n) is 48.6. The molecule has 32 nitrogen and oxygen atoms in total. The Labute approximate surface area is 848 Å². The molecule has 4 aromatic carbocycles. The van der Waals surface area contributed by atoms with Gasteiger partial charge in [0.25, 0.3) is 0 Å². The van der Waals surface area contributed by atoms with E-state index in [-0.39, 0.29) is 96.0 Å². The highest BCUT2D eigenvalue weighted by Crippen LogP contribution is 2.42. The van der Waals surface area contributed by atoms with Crippen LogP contribution < -0.4 is 43.6 Å². The zero-order chi connectivity index (χ0) is 94.8. The van der Waals surface area contributed by atoms with Crippen molar-refractivity contribution in [3.63, 3.8) is 0 Å². The number of rotatable bonds is 33. The van der Waals surface area contributed by atoms with Gasteiger partial charge >= 0.3 is 18.0 Å². The molecule has 0 spiro atoms. The number of amides is 3. The van der Waals surface area contributed by atoms with E-state index < -0.39 is 0 Å². The minimum atomic E-state index is -0.251. The smallest absolute Gasteiger partial charge is 0.318 e. The summed E-state index contributed by atoms with van der Waals surface area (Å²) < 4.78 is 35.7. The van der Waals surface area contributed by atoms with Crippen molar-refractivity contribution in [2.45, 2.75) is 141 Å². The molecule has 0 N–H and O–H groups in total. The Bertz CT molecular complexity index is 5770. The van der Waals surface area contributed by atoms with Gasteiger partial charge in [0.1, 0.15) is 55.4 Å². The lowest BCUT2D eigenvalue weighted by molar-refractivity contribution is -0.129. The van der Waals surface area contributed by atoms with Crippen LogP contribution in [-0.4, -0.2) is 322 Å². The van der Waals surface area contributed by atoms with Crippen LogP contribution in [0.5, 0.6) is 18.0 Å². The maximum atomic E-state index is 13.3. The molecule has 0 bridgehead atoms. The number of ether oxygens (including phenoxy) is 6. The summed E-state index contributed by atoms with van der Waals surface area (Å²) in [5.74, 6) is 2.40. The second kappa shape index (κ2) is 49.8. The van der Waals surface area contributed by atoms with Crippen LogP contribution in [0.1, 0.15) is 96.3 Å². The van der Waals surface area contributed by atoms with Gasteiger partial charge < -0.3 is 96.9 Å². The Kier molecular flexibility index (Phi) is 37.2. The van der Waals surface area contributed by atoms with Gasteiger partial charge in [-0.15, -0.1) is 0 Å². The number of halogens is 1. The summed E-state index contributed by atoms with van der Waals surface area (Å²) in [4.78, 5) is 115. The van der Waals surface area contributed by atoms with Crippen molar-refractivity contribution >= 4 is 137 Å². The second-order valence-electron chi connectivity index (χ2n) is 37.5. The zero-order valence-electron chi connectivity index (χ0n) is 81.3. The summed E-state index contributed by atoms with van der Waals surface area (Å²) in [6, 6.07) is 25.5. The van der Waals surface area contributed by atoms with Crippen molar-refractivity contribution in [1.82, 2.24) is 69.3 Å². The van der Waals surface area contributed by atoms with Crippen molar-refractivity contribution in [2.75, 3.05) is 228 Å². The maximum Gasteiger partial charge on any atom is 0.318 e. The molecule has 12 heterocycles. The van der Waals surface area contributed by atoms with Crippen LogP contribution in [0, 0.1) is 33.6 Å². The summed E-state index contributed by atoms with van der Waals surface area (Å²) in [5.41, 5.74) is 11.9. The fraction of sp³-hybridized carbons (Fsp3) is 0.500. The lowest BCUT2D eigenvalue weighted by Gasteiger charge is -2.41. The number of hydrogen-bond donors (Lipinski definition) is 0. The van der Waals surface area contributed by atoms with Crippen molar-refractivity contribution in [2.24, 2.45) is 0 Å². The van der Waals surface area contributed by atoms with Crippen LogP contribution in [0.2, 0.25) is 5.02 Å². The number of carbonyl (C=O) groups excluding carboxylic acids is 3. The topological polar surface area (TPSA) is 262 Å². The van der Waals surface area contributed by atoms with E-state index in [1.165, 1.54) is 45.8 Å². The first kappa shape index (κ1) is 104. The van der Waals surface area contributed by atoms with E-state index in [4.69, 9.17) is 89.6 Å². The standard InChI is InChI=1S/C37H45N7O3.C34H42N8O3.C33H39ClN8O3.3H2S/c1-27-8-5-9-28-10-6-11-33(35(27)28)42-19-15-31-32(26-42)39-37(47-23-22-46-30-13-14-30)40-36(31)43-20-21-44(29(25-43)24-38-2)34(45)12-7-18-41-16-3-4-17-41;1-24-7-5-8-25-19-36-21-30(32(24)25)40-14-12-28-29(23-40)37-34(45-18-17-44-27-10-11-27)38-33(28)41-15-16-42(26(22-41)20-35-2)31(43)9-6-13-39(3)4;1-35-19-24-21-41(14-15-42(24)30(43)8-5-12-39(2)3)32-26-11-13-40(29-20-36-18-23-6-4-7-27(34)31(23)29)22-28(26)37-33(38-32)45-17-16-44-25-9-10-25;;;/h5-12,29-30H,3-4,13-26H2,1H3;5-9,19,21,26-27H,10-18,20,22-23H2,1,3-4H3;4-8,18,20,24-25H,9-17,19,21-22H2,2-3H3;3*1H2/b12-7+;9-6+;8-5+;;;/t29-;26-;24-;;;/m000.../s1. The normalized spacial score (nSPS) is 18.6.